The van der Waals surface area contributed by atoms with E-state index in [4.69, 9.17) is 0 Å². The summed E-state index contributed by atoms with van der Waals surface area (Å²) in [7, 11) is -2.77. The van der Waals surface area contributed by atoms with Crippen LogP contribution in [0.1, 0.15) is 22.9 Å². The Kier molecular flexibility index (Phi) is 5.53. The van der Waals surface area contributed by atoms with Gasteiger partial charge in [-0.3, -0.25) is 15.1 Å². The van der Waals surface area contributed by atoms with Gasteiger partial charge in [-0.2, -0.15) is 4.31 Å². The van der Waals surface area contributed by atoms with E-state index >= 15 is 0 Å². The first-order valence-corrected chi connectivity index (χ1v) is 9.96. The Morgan fingerprint density at radius 2 is 1.68 bits per heavy atom. The van der Waals surface area contributed by atoms with Crippen LogP contribution in [0.3, 0.4) is 0 Å². The highest BCUT2D eigenvalue weighted by Crippen LogP contribution is 2.35. The topological polar surface area (TPSA) is 93.4 Å². The van der Waals surface area contributed by atoms with Crippen molar-refractivity contribution in [1.82, 2.24) is 9.29 Å². The molecule has 0 aliphatic heterocycles. The van der Waals surface area contributed by atoms with Gasteiger partial charge in [-0.15, -0.1) is 0 Å². The first kappa shape index (κ1) is 19.7. The second-order valence-corrected chi connectivity index (χ2v) is 8.20. The summed E-state index contributed by atoms with van der Waals surface area (Å²) in [6.45, 7) is 1.55. The average molecular weight is 397 g/mol. The molecule has 2 aromatic carbocycles. The molecule has 3 aromatic rings. The van der Waals surface area contributed by atoms with Crippen molar-refractivity contribution in [3.8, 4) is 0 Å². The van der Waals surface area contributed by atoms with Gasteiger partial charge in [0.15, 0.2) is 4.90 Å². The molecule has 8 heteroatoms. The van der Waals surface area contributed by atoms with Gasteiger partial charge in [0.2, 0.25) is 0 Å². The number of aryl methyl sites for hydroxylation is 1. The second-order valence-electron chi connectivity index (χ2n) is 6.27. The van der Waals surface area contributed by atoms with Crippen LogP contribution in [0.5, 0.6) is 0 Å². The second kappa shape index (κ2) is 7.87. The number of nitrogens with zero attached hydrogens (tertiary/aromatic N) is 3. The number of hydrogen-bond donors (Lipinski definition) is 0. The lowest BCUT2D eigenvalue weighted by atomic mass is 10.0. The van der Waals surface area contributed by atoms with Crippen molar-refractivity contribution < 1.29 is 13.3 Å². The summed E-state index contributed by atoms with van der Waals surface area (Å²) in [4.78, 5) is 14.8. The fraction of sp³-hybridized carbons (Fsp3) is 0.150. The lowest BCUT2D eigenvalue weighted by Crippen LogP contribution is -2.33. The van der Waals surface area contributed by atoms with Gasteiger partial charge in [-0.05, 0) is 30.2 Å². The number of pyridine rings is 1. The number of sulfonamides is 1. The van der Waals surface area contributed by atoms with Crippen molar-refractivity contribution in [1.29, 1.82) is 0 Å². The van der Waals surface area contributed by atoms with E-state index in [9.17, 15) is 18.5 Å². The molecular formula is C20H19N3O4S. The molecule has 0 bridgehead atoms. The molecule has 0 amide bonds. The zero-order valence-corrected chi connectivity index (χ0v) is 16.2. The van der Waals surface area contributed by atoms with Gasteiger partial charge in [0.05, 0.1) is 16.7 Å². The van der Waals surface area contributed by atoms with E-state index in [1.807, 2.05) is 18.2 Å². The Morgan fingerprint density at radius 1 is 1.00 bits per heavy atom. The van der Waals surface area contributed by atoms with E-state index in [1.165, 1.54) is 19.2 Å². The minimum absolute atomic E-state index is 0.306. The van der Waals surface area contributed by atoms with Crippen molar-refractivity contribution >= 4 is 15.7 Å². The van der Waals surface area contributed by atoms with Crippen molar-refractivity contribution in [2.45, 2.75) is 17.9 Å². The van der Waals surface area contributed by atoms with Crippen molar-refractivity contribution in [3.63, 3.8) is 0 Å². The molecule has 3 rings (SSSR count). The fourth-order valence-electron chi connectivity index (χ4n) is 3.14. The summed E-state index contributed by atoms with van der Waals surface area (Å²) in [5.74, 6) is 0. The molecule has 0 fully saturated rings. The Morgan fingerprint density at radius 3 is 2.29 bits per heavy atom. The van der Waals surface area contributed by atoms with Crippen LogP contribution in [0.15, 0.2) is 77.8 Å². The Balaban J connectivity index is 2.19. The Hall–Kier alpha value is -3.10. The number of hydrogen-bond acceptors (Lipinski definition) is 5. The maximum atomic E-state index is 13.5. The minimum Gasteiger partial charge on any atom is -0.259 e. The van der Waals surface area contributed by atoms with Crippen LogP contribution in [-0.2, 0) is 10.0 Å². The molecule has 144 valence electrons. The third kappa shape index (κ3) is 3.64. The fourth-order valence-corrected chi connectivity index (χ4v) is 4.82. The maximum Gasteiger partial charge on any atom is 0.289 e. The van der Waals surface area contributed by atoms with Crippen LogP contribution < -0.4 is 0 Å². The minimum atomic E-state index is -4.19. The molecule has 1 unspecified atom stereocenters. The number of aromatic nitrogens is 1. The molecule has 0 saturated carbocycles. The quantitative estimate of drug-likeness (QED) is 0.467. The zero-order valence-electron chi connectivity index (χ0n) is 15.4. The standard InChI is InChI=1S/C20H19N3O4S/c1-15-9-8-13-18(23(24)25)20(15)28(26,27)22(2)19(16-10-4-3-5-11-16)17-12-6-7-14-21-17/h3-14,19H,1-2H3. The first-order valence-electron chi connectivity index (χ1n) is 8.52. The molecule has 1 aromatic heterocycles. The normalized spacial score (nSPS) is 12.7. The van der Waals surface area contributed by atoms with Gasteiger partial charge < -0.3 is 0 Å². The molecule has 0 radical (unpaired) electrons. The van der Waals surface area contributed by atoms with Crippen LogP contribution in [0, 0.1) is 17.0 Å². The van der Waals surface area contributed by atoms with Gasteiger partial charge in [-0.25, -0.2) is 8.42 Å². The average Bonchev–Trinajstić information content (AvgIpc) is 2.69. The summed E-state index contributed by atoms with van der Waals surface area (Å²) in [6, 6.07) is 17.8. The smallest absolute Gasteiger partial charge is 0.259 e. The number of nitro groups is 1. The number of nitro benzene ring substituents is 1. The molecule has 28 heavy (non-hydrogen) atoms. The van der Waals surface area contributed by atoms with Crippen LogP contribution in [0.4, 0.5) is 5.69 Å². The van der Waals surface area contributed by atoms with Gasteiger partial charge in [-0.1, -0.05) is 48.5 Å². The SMILES string of the molecule is Cc1cccc([N+](=O)[O-])c1S(=O)(=O)N(C)C(c1ccccc1)c1ccccn1. The summed E-state index contributed by atoms with van der Waals surface area (Å²) < 4.78 is 28.1. The monoisotopic (exact) mass is 397 g/mol. The van der Waals surface area contributed by atoms with E-state index in [0.29, 0.717) is 16.8 Å². The predicted molar refractivity (Wildman–Crippen MR) is 105 cm³/mol. The van der Waals surface area contributed by atoms with E-state index in [0.717, 1.165) is 4.31 Å². The van der Waals surface area contributed by atoms with Gasteiger partial charge >= 0.3 is 0 Å². The highest BCUT2D eigenvalue weighted by Gasteiger charge is 2.36. The molecule has 1 atom stereocenters. The van der Waals surface area contributed by atoms with E-state index in [-0.39, 0.29) is 4.90 Å². The van der Waals surface area contributed by atoms with E-state index in [2.05, 4.69) is 4.98 Å². The van der Waals surface area contributed by atoms with E-state index < -0.39 is 26.7 Å². The van der Waals surface area contributed by atoms with Crippen LogP contribution in [0.2, 0.25) is 0 Å². The van der Waals surface area contributed by atoms with Gasteiger partial charge in [0.25, 0.3) is 15.7 Å². The van der Waals surface area contributed by atoms with Crippen molar-refractivity contribution in [2.24, 2.45) is 0 Å². The van der Waals surface area contributed by atoms with Crippen LogP contribution in [0.25, 0.3) is 0 Å². The van der Waals surface area contributed by atoms with Crippen LogP contribution >= 0.6 is 0 Å². The lowest BCUT2D eigenvalue weighted by Gasteiger charge is -2.28. The van der Waals surface area contributed by atoms with Gasteiger partial charge in [0, 0.05) is 19.3 Å². The number of rotatable bonds is 6. The molecule has 7 nitrogen and oxygen atoms in total. The predicted octanol–water partition coefficient (Wildman–Crippen LogP) is 3.71. The largest absolute Gasteiger partial charge is 0.289 e. The molecule has 1 heterocycles. The summed E-state index contributed by atoms with van der Waals surface area (Å²) in [5.41, 5.74) is 1.10. The highest BCUT2D eigenvalue weighted by molar-refractivity contribution is 7.89. The summed E-state index contributed by atoms with van der Waals surface area (Å²) in [5, 5.41) is 11.5. The molecule has 0 saturated heterocycles. The lowest BCUT2D eigenvalue weighted by molar-refractivity contribution is -0.387. The summed E-state index contributed by atoms with van der Waals surface area (Å²) >= 11 is 0. The Bertz CT molecular complexity index is 1050. The first-order chi connectivity index (χ1) is 13.3. The van der Waals surface area contributed by atoms with Crippen molar-refractivity contribution in [2.75, 3.05) is 7.05 Å². The molecule has 0 aliphatic rings. The Labute approximate surface area is 163 Å². The third-order valence-corrected chi connectivity index (χ3v) is 6.49. The molecular weight excluding hydrogens is 378 g/mol. The molecule has 0 spiro atoms. The third-order valence-electron chi connectivity index (χ3n) is 4.47. The molecule has 0 aliphatic carbocycles. The summed E-state index contributed by atoms with van der Waals surface area (Å²) in [6.07, 6.45) is 1.59. The van der Waals surface area contributed by atoms with E-state index in [1.54, 1.807) is 49.5 Å². The molecule has 0 N–H and O–H groups in total. The highest BCUT2D eigenvalue weighted by atomic mass is 32.2. The van der Waals surface area contributed by atoms with Crippen molar-refractivity contribution in [3.05, 3.63) is 99.9 Å². The zero-order chi connectivity index (χ0) is 20.3. The number of benzene rings is 2. The maximum absolute atomic E-state index is 13.5. The van der Waals surface area contributed by atoms with Gasteiger partial charge in [0.1, 0.15) is 0 Å². The van der Waals surface area contributed by atoms with Crippen LogP contribution in [-0.4, -0.2) is 29.7 Å².